The van der Waals surface area contributed by atoms with Gasteiger partial charge in [-0.3, -0.25) is 0 Å². The molecular formula is C43H33N. The van der Waals surface area contributed by atoms with Crippen LogP contribution < -0.4 is 5.32 Å². The lowest BCUT2D eigenvalue weighted by atomic mass is 9.69. The second kappa shape index (κ2) is 10.7. The first-order valence-electron chi connectivity index (χ1n) is 15.4. The van der Waals surface area contributed by atoms with Crippen LogP contribution in [0.15, 0.2) is 169 Å². The Kier molecular flexibility index (Phi) is 6.38. The summed E-state index contributed by atoms with van der Waals surface area (Å²) in [5, 5.41) is 11.5. The molecule has 1 heteroatoms. The molecule has 0 saturated heterocycles. The second-order valence-electron chi connectivity index (χ2n) is 11.9. The number of hydrogen-bond donors (Lipinski definition) is 1. The third kappa shape index (κ3) is 4.32. The van der Waals surface area contributed by atoms with Gasteiger partial charge in [-0.1, -0.05) is 152 Å². The van der Waals surface area contributed by atoms with E-state index in [0.717, 1.165) is 12.2 Å². The molecule has 0 saturated carbocycles. The van der Waals surface area contributed by atoms with Gasteiger partial charge in [0.15, 0.2) is 0 Å². The van der Waals surface area contributed by atoms with Gasteiger partial charge in [0.05, 0.1) is 0 Å². The molecule has 0 fully saturated rings. The number of dihydropyridines is 1. The van der Waals surface area contributed by atoms with Crippen molar-refractivity contribution in [3.8, 4) is 11.1 Å². The predicted molar refractivity (Wildman–Crippen MR) is 188 cm³/mol. The number of fused-ring (bicyclic) bond motifs is 6. The van der Waals surface area contributed by atoms with E-state index in [2.05, 4.69) is 176 Å². The molecule has 0 bridgehead atoms. The first-order valence-corrected chi connectivity index (χ1v) is 15.4. The van der Waals surface area contributed by atoms with Crippen molar-refractivity contribution in [2.45, 2.75) is 12.3 Å². The summed E-state index contributed by atoms with van der Waals surface area (Å²) >= 11 is 0. The van der Waals surface area contributed by atoms with Crippen LogP contribution in [0.25, 0.3) is 49.1 Å². The molecule has 0 amide bonds. The van der Waals surface area contributed by atoms with Gasteiger partial charge in [-0.05, 0) is 84.8 Å². The number of rotatable bonds is 5. The molecule has 0 spiro atoms. The minimum Gasteiger partial charge on any atom is -0.381 e. The van der Waals surface area contributed by atoms with E-state index >= 15 is 0 Å². The monoisotopic (exact) mass is 563 g/mol. The van der Waals surface area contributed by atoms with Gasteiger partial charge >= 0.3 is 0 Å². The number of allylic oxidation sites excluding steroid dienone is 2. The van der Waals surface area contributed by atoms with Crippen LogP contribution in [0.5, 0.6) is 0 Å². The van der Waals surface area contributed by atoms with E-state index in [1.807, 2.05) is 0 Å². The van der Waals surface area contributed by atoms with Gasteiger partial charge in [0.25, 0.3) is 0 Å². The molecule has 1 nitrogen and oxygen atoms in total. The van der Waals surface area contributed by atoms with Gasteiger partial charge in [-0.25, -0.2) is 0 Å². The highest BCUT2D eigenvalue weighted by atomic mass is 14.9. The zero-order valence-electron chi connectivity index (χ0n) is 24.8. The summed E-state index contributed by atoms with van der Waals surface area (Å²) in [6, 6.07) is 55.2. The Bertz CT molecular complexity index is 2130. The molecule has 1 aliphatic rings. The van der Waals surface area contributed by atoms with E-state index in [4.69, 9.17) is 0 Å². The normalized spacial score (nSPS) is 13.5. The van der Waals surface area contributed by atoms with Crippen molar-refractivity contribution in [1.29, 1.82) is 0 Å². The second-order valence-corrected chi connectivity index (χ2v) is 11.9. The molecule has 0 radical (unpaired) electrons. The fourth-order valence-corrected chi connectivity index (χ4v) is 7.04. The molecule has 0 unspecified atom stereocenters. The molecule has 1 aliphatic heterocycles. The van der Waals surface area contributed by atoms with Gasteiger partial charge in [-0.2, -0.15) is 0 Å². The first-order chi connectivity index (χ1) is 21.7. The lowest BCUT2D eigenvalue weighted by Crippen LogP contribution is -2.29. The third-order valence-electron chi connectivity index (χ3n) is 9.47. The summed E-state index contributed by atoms with van der Waals surface area (Å²) in [4.78, 5) is 0. The van der Waals surface area contributed by atoms with E-state index in [1.54, 1.807) is 0 Å². The summed E-state index contributed by atoms with van der Waals surface area (Å²) in [5.41, 5.74) is 8.44. The van der Waals surface area contributed by atoms with Crippen LogP contribution in [0.2, 0.25) is 0 Å². The fourth-order valence-electron chi connectivity index (χ4n) is 7.04. The van der Waals surface area contributed by atoms with E-state index in [1.165, 1.54) is 65.7 Å². The lowest BCUT2D eigenvalue weighted by Gasteiger charge is -2.35. The van der Waals surface area contributed by atoms with Crippen LogP contribution in [-0.4, -0.2) is 6.54 Å². The molecule has 0 aliphatic carbocycles. The third-order valence-corrected chi connectivity index (χ3v) is 9.47. The molecule has 44 heavy (non-hydrogen) atoms. The lowest BCUT2D eigenvalue weighted by molar-refractivity contribution is 0.682. The fraction of sp³-hybridized carbons (Fsp3) is 0.0698. The summed E-state index contributed by atoms with van der Waals surface area (Å²) in [6.07, 6.45) is 4.67. The van der Waals surface area contributed by atoms with Gasteiger partial charge in [-0.15, -0.1) is 0 Å². The van der Waals surface area contributed by atoms with Crippen LogP contribution in [0, 0.1) is 0 Å². The van der Waals surface area contributed by atoms with Crippen molar-refractivity contribution in [1.82, 2.24) is 5.32 Å². The number of hydrogen-bond acceptors (Lipinski definition) is 1. The summed E-state index contributed by atoms with van der Waals surface area (Å²) in [7, 11) is 0. The molecule has 0 atom stereocenters. The van der Waals surface area contributed by atoms with Crippen molar-refractivity contribution < 1.29 is 0 Å². The molecule has 7 aromatic carbocycles. The maximum absolute atomic E-state index is 3.65. The number of nitrogens with one attached hydrogen (secondary N) is 1. The Morgan fingerprint density at radius 2 is 0.909 bits per heavy atom. The van der Waals surface area contributed by atoms with Crippen molar-refractivity contribution in [2.75, 3.05) is 6.54 Å². The van der Waals surface area contributed by atoms with E-state index in [9.17, 15) is 0 Å². The zero-order valence-corrected chi connectivity index (χ0v) is 24.8. The molecule has 0 aromatic heterocycles. The molecule has 1 N–H and O–H groups in total. The minimum atomic E-state index is -0.256. The van der Waals surface area contributed by atoms with E-state index in [-0.39, 0.29) is 5.41 Å². The molecular weight excluding hydrogens is 530 g/mol. The van der Waals surface area contributed by atoms with Gasteiger partial charge < -0.3 is 5.32 Å². The Morgan fingerprint density at radius 1 is 0.455 bits per heavy atom. The maximum Gasteiger partial charge on any atom is 0.0421 e. The van der Waals surface area contributed by atoms with Crippen molar-refractivity contribution in [2.24, 2.45) is 0 Å². The quantitative estimate of drug-likeness (QED) is 0.205. The smallest absolute Gasteiger partial charge is 0.0421 e. The standard InChI is InChI=1S/C43H33N/c1-43(33-12-4-2-5-13-33,34-14-6-3-7-15-34)35-26-27-44-42(29-35)31-22-20-30(21-23-31)32-24-25-40-38-18-9-8-16-36(38)37-17-10-11-19-39(37)41(40)28-32/h2-26,28-29,44H,27H2,1H3. The van der Waals surface area contributed by atoms with Crippen molar-refractivity contribution >= 4 is 38.0 Å². The van der Waals surface area contributed by atoms with Crippen molar-refractivity contribution in [3.63, 3.8) is 0 Å². The predicted octanol–water partition coefficient (Wildman–Crippen LogP) is 10.7. The van der Waals surface area contributed by atoms with E-state index < -0.39 is 0 Å². The zero-order chi connectivity index (χ0) is 29.5. The molecule has 1 heterocycles. The van der Waals surface area contributed by atoms with Crippen LogP contribution in [0.3, 0.4) is 0 Å². The molecule has 7 aromatic rings. The topological polar surface area (TPSA) is 12.0 Å². The minimum absolute atomic E-state index is 0.256. The summed E-state index contributed by atoms with van der Waals surface area (Å²) in [6.45, 7) is 3.14. The highest BCUT2D eigenvalue weighted by Crippen LogP contribution is 2.42. The summed E-state index contributed by atoms with van der Waals surface area (Å²) in [5.74, 6) is 0. The molecule has 210 valence electrons. The van der Waals surface area contributed by atoms with Crippen LogP contribution in [0.4, 0.5) is 0 Å². The van der Waals surface area contributed by atoms with E-state index in [0.29, 0.717) is 0 Å². The van der Waals surface area contributed by atoms with Crippen molar-refractivity contribution in [3.05, 3.63) is 186 Å². The average molecular weight is 564 g/mol. The van der Waals surface area contributed by atoms with Gasteiger partial charge in [0, 0.05) is 17.7 Å². The molecule has 8 rings (SSSR count). The number of benzene rings is 7. The SMILES string of the molecule is CC(C1=CCNC(c2ccc(-c3ccc4c5ccccc5c5ccccc5c4c3)cc2)=C1)(c1ccccc1)c1ccccc1. The van der Waals surface area contributed by atoms with Gasteiger partial charge in [0.2, 0.25) is 0 Å². The highest BCUT2D eigenvalue weighted by molar-refractivity contribution is 6.25. The highest BCUT2D eigenvalue weighted by Gasteiger charge is 2.33. The van der Waals surface area contributed by atoms with Crippen LogP contribution in [0.1, 0.15) is 23.6 Å². The maximum atomic E-state index is 3.65. The Labute approximate surface area is 258 Å². The largest absolute Gasteiger partial charge is 0.381 e. The summed E-state index contributed by atoms with van der Waals surface area (Å²) < 4.78 is 0. The Balaban J connectivity index is 1.17. The van der Waals surface area contributed by atoms with Crippen LogP contribution >= 0.6 is 0 Å². The van der Waals surface area contributed by atoms with Crippen LogP contribution in [-0.2, 0) is 5.41 Å². The Hall–Kier alpha value is -5.40. The average Bonchev–Trinajstić information content (AvgIpc) is 3.12. The Morgan fingerprint density at radius 3 is 1.48 bits per heavy atom. The first kappa shape index (κ1) is 26.2. The van der Waals surface area contributed by atoms with Gasteiger partial charge in [0.1, 0.15) is 0 Å².